The molecule has 4 unspecified atom stereocenters. The van der Waals surface area contributed by atoms with Gasteiger partial charge in [0.1, 0.15) is 0 Å². The second kappa shape index (κ2) is 6.38. The van der Waals surface area contributed by atoms with E-state index in [2.05, 4.69) is 37.9 Å². The molecule has 2 heterocycles. The van der Waals surface area contributed by atoms with E-state index in [1.165, 1.54) is 38.5 Å². The summed E-state index contributed by atoms with van der Waals surface area (Å²) in [4.78, 5) is 2.88. The average Bonchev–Trinajstić information content (AvgIpc) is 2.61. The fraction of sp³-hybridized carbons (Fsp3) is 1.00. The van der Waals surface area contributed by atoms with E-state index in [0.29, 0.717) is 0 Å². The minimum atomic E-state index is 0.791. The zero-order valence-corrected chi connectivity index (χ0v) is 12.8. The lowest BCUT2D eigenvalue weighted by Gasteiger charge is -2.43. The van der Waals surface area contributed by atoms with Crippen molar-refractivity contribution < 1.29 is 0 Å². The van der Waals surface area contributed by atoms with Crippen LogP contribution in [0.2, 0.25) is 0 Å². The highest BCUT2D eigenvalue weighted by molar-refractivity contribution is 4.99. The Bertz CT molecular complexity index is 239. The Labute approximate surface area is 114 Å². The molecule has 0 aromatic carbocycles. The van der Waals surface area contributed by atoms with Gasteiger partial charge in [-0.1, -0.05) is 27.2 Å². The molecule has 2 bridgehead atoms. The van der Waals surface area contributed by atoms with Crippen molar-refractivity contribution >= 4 is 0 Å². The first-order chi connectivity index (χ1) is 8.65. The molecule has 0 aliphatic carbocycles. The minimum absolute atomic E-state index is 0.791. The van der Waals surface area contributed by atoms with Gasteiger partial charge >= 0.3 is 0 Å². The first-order valence-electron chi connectivity index (χ1n) is 8.16. The number of hydrogen-bond acceptors (Lipinski definition) is 2. The fourth-order valence-electron chi connectivity index (χ4n) is 4.26. The molecular formula is C16H32N2. The highest BCUT2D eigenvalue weighted by atomic mass is 15.3. The van der Waals surface area contributed by atoms with Crippen LogP contribution in [0.3, 0.4) is 0 Å². The van der Waals surface area contributed by atoms with Gasteiger partial charge in [0.2, 0.25) is 0 Å². The van der Waals surface area contributed by atoms with Crippen molar-refractivity contribution in [1.29, 1.82) is 0 Å². The number of hydrogen-bond donors (Lipinski definition) is 1. The van der Waals surface area contributed by atoms with E-state index in [4.69, 9.17) is 0 Å². The molecule has 2 aliphatic heterocycles. The molecule has 1 N–H and O–H groups in total. The molecule has 4 atom stereocenters. The molecule has 0 spiro atoms. The molecular weight excluding hydrogens is 220 g/mol. The van der Waals surface area contributed by atoms with Crippen LogP contribution in [0.4, 0.5) is 0 Å². The Kier molecular flexibility index (Phi) is 5.08. The molecule has 2 heteroatoms. The predicted molar refractivity (Wildman–Crippen MR) is 78.9 cm³/mol. The van der Waals surface area contributed by atoms with Crippen LogP contribution < -0.4 is 5.32 Å². The minimum Gasteiger partial charge on any atom is -0.314 e. The van der Waals surface area contributed by atoms with Gasteiger partial charge in [0, 0.05) is 24.2 Å². The van der Waals surface area contributed by atoms with Gasteiger partial charge in [-0.3, -0.25) is 4.90 Å². The normalized spacial score (nSPS) is 35.7. The van der Waals surface area contributed by atoms with Gasteiger partial charge in [-0.2, -0.15) is 0 Å². The van der Waals surface area contributed by atoms with Gasteiger partial charge in [-0.25, -0.2) is 0 Å². The maximum Gasteiger partial charge on any atom is 0.0116 e. The lowest BCUT2D eigenvalue weighted by Crippen LogP contribution is -2.52. The van der Waals surface area contributed by atoms with Crippen molar-refractivity contribution in [2.24, 2.45) is 5.92 Å². The summed E-state index contributed by atoms with van der Waals surface area (Å²) in [5.41, 5.74) is 0. The maximum absolute atomic E-state index is 3.67. The van der Waals surface area contributed by atoms with Crippen molar-refractivity contribution in [2.45, 2.75) is 90.4 Å². The molecule has 2 fully saturated rings. The second-order valence-electron chi connectivity index (χ2n) is 6.66. The monoisotopic (exact) mass is 252 g/mol. The van der Waals surface area contributed by atoms with Crippen LogP contribution in [-0.4, -0.2) is 35.6 Å². The standard InChI is InChI=1S/C16H32N2/c1-5-12(3)9-13(4)18-15-7-8-16(18)11-14(10-15)17-6-2/h12-17H,5-11H2,1-4H3. The molecule has 18 heavy (non-hydrogen) atoms. The van der Waals surface area contributed by atoms with Gasteiger partial charge in [-0.05, 0) is 51.5 Å². The first-order valence-corrected chi connectivity index (χ1v) is 8.16. The summed E-state index contributed by atoms with van der Waals surface area (Å²) in [6, 6.07) is 3.32. The topological polar surface area (TPSA) is 15.3 Å². The molecule has 2 rings (SSSR count). The fourth-order valence-corrected chi connectivity index (χ4v) is 4.26. The van der Waals surface area contributed by atoms with Crippen LogP contribution in [0.25, 0.3) is 0 Å². The highest BCUT2D eigenvalue weighted by Crippen LogP contribution is 2.38. The van der Waals surface area contributed by atoms with E-state index in [-0.39, 0.29) is 0 Å². The zero-order valence-electron chi connectivity index (χ0n) is 12.8. The smallest absolute Gasteiger partial charge is 0.0116 e. The summed E-state index contributed by atoms with van der Waals surface area (Å²) in [5.74, 6) is 0.880. The summed E-state index contributed by atoms with van der Waals surface area (Å²) in [6.45, 7) is 10.6. The van der Waals surface area contributed by atoms with E-state index in [9.17, 15) is 0 Å². The summed E-state index contributed by atoms with van der Waals surface area (Å²) in [6.07, 6.45) is 8.36. The van der Waals surface area contributed by atoms with E-state index < -0.39 is 0 Å². The molecule has 0 radical (unpaired) electrons. The van der Waals surface area contributed by atoms with Crippen LogP contribution >= 0.6 is 0 Å². The van der Waals surface area contributed by atoms with Crippen molar-refractivity contribution in [3.8, 4) is 0 Å². The third-order valence-corrected chi connectivity index (χ3v) is 5.23. The van der Waals surface area contributed by atoms with Crippen molar-refractivity contribution in [1.82, 2.24) is 10.2 Å². The Morgan fingerprint density at radius 2 is 1.72 bits per heavy atom. The van der Waals surface area contributed by atoms with Gasteiger partial charge in [0.15, 0.2) is 0 Å². The van der Waals surface area contributed by atoms with Crippen molar-refractivity contribution in [3.05, 3.63) is 0 Å². The van der Waals surface area contributed by atoms with E-state index in [0.717, 1.165) is 36.6 Å². The first kappa shape index (κ1) is 14.3. The largest absolute Gasteiger partial charge is 0.314 e. The van der Waals surface area contributed by atoms with E-state index in [1.807, 2.05) is 0 Å². The molecule has 0 saturated carbocycles. The molecule has 0 amide bonds. The van der Waals surface area contributed by atoms with E-state index in [1.54, 1.807) is 0 Å². The summed E-state index contributed by atoms with van der Waals surface area (Å²) >= 11 is 0. The van der Waals surface area contributed by atoms with Gasteiger partial charge in [-0.15, -0.1) is 0 Å². The van der Waals surface area contributed by atoms with Gasteiger partial charge < -0.3 is 5.32 Å². The lowest BCUT2D eigenvalue weighted by molar-refractivity contribution is 0.0668. The number of nitrogens with zero attached hydrogens (tertiary/aromatic N) is 1. The molecule has 0 aromatic heterocycles. The third-order valence-electron chi connectivity index (χ3n) is 5.23. The van der Waals surface area contributed by atoms with Crippen LogP contribution in [0.1, 0.15) is 66.2 Å². The molecule has 2 nitrogen and oxygen atoms in total. The van der Waals surface area contributed by atoms with Gasteiger partial charge in [0.25, 0.3) is 0 Å². The number of fused-ring (bicyclic) bond motifs is 2. The summed E-state index contributed by atoms with van der Waals surface area (Å²) in [5, 5.41) is 3.67. The molecule has 106 valence electrons. The van der Waals surface area contributed by atoms with Crippen molar-refractivity contribution in [2.75, 3.05) is 6.54 Å². The Balaban J connectivity index is 1.91. The van der Waals surface area contributed by atoms with E-state index >= 15 is 0 Å². The third kappa shape index (κ3) is 3.08. The van der Waals surface area contributed by atoms with Crippen LogP contribution in [0.5, 0.6) is 0 Å². The van der Waals surface area contributed by atoms with Crippen molar-refractivity contribution in [3.63, 3.8) is 0 Å². The molecule has 2 aliphatic rings. The van der Waals surface area contributed by atoms with Crippen LogP contribution in [-0.2, 0) is 0 Å². The Morgan fingerprint density at radius 3 is 2.22 bits per heavy atom. The second-order valence-corrected chi connectivity index (χ2v) is 6.66. The maximum atomic E-state index is 3.67. The zero-order chi connectivity index (χ0) is 13.1. The quantitative estimate of drug-likeness (QED) is 0.779. The lowest BCUT2D eigenvalue weighted by atomic mass is 9.92. The number of rotatable bonds is 6. The summed E-state index contributed by atoms with van der Waals surface area (Å²) < 4.78 is 0. The predicted octanol–water partition coefficient (Wildman–Crippen LogP) is 3.42. The Morgan fingerprint density at radius 1 is 1.11 bits per heavy atom. The number of nitrogens with one attached hydrogen (secondary N) is 1. The number of piperidine rings is 1. The summed E-state index contributed by atoms with van der Waals surface area (Å²) in [7, 11) is 0. The van der Waals surface area contributed by atoms with Crippen LogP contribution in [0, 0.1) is 5.92 Å². The van der Waals surface area contributed by atoms with Gasteiger partial charge in [0.05, 0.1) is 0 Å². The van der Waals surface area contributed by atoms with Crippen LogP contribution in [0.15, 0.2) is 0 Å². The highest BCUT2D eigenvalue weighted by Gasteiger charge is 2.42. The molecule has 0 aromatic rings. The molecule has 2 saturated heterocycles. The SMILES string of the molecule is CCNC1CC2CCC(C1)N2C(C)CC(C)CC. The average molecular weight is 252 g/mol. The Hall–Kier alpha value is -0.0800.